The van der Waals surface area contributed by atoms with Crippen LogP contribution in [0, 0.1) is 12.8 Å². The normalized spacial score (nSPS) is 17.8. The van der Waals surface area contributed by atoms with E-state index in [1.165, 1.54) is 0 Å². The first-order valence-corrected chi connectivity index (χ1v) is 9.44. The fourth-order valence-electron chi connectivity index (χ4n) is 2.62. The fourth-order valence-corrected chi connectivity index (χ4v) is 3.01. The molecule has 2 heterocycles. The standard InChI is InChI=1S/C13H22N4O3S.CH2O2/c1-11-14-5-7-16(11)9-12-4-3-6-17(10-12)13(18)8-15-21(2,19)20;2-1-3/h5,7,12,15H,3-4,6,8-10H2,1-2H3;1H,(H,2,3). The quantitative estimate of drug-likeness (QED) is 0.694. The van der Waals surface area contributed by atoms with Crippen molar-refractivity contribution >= 4 is 22.4 Å². The van der Waals surface area contributed by atoms with E-state index < -0.39 is 10.0 Å². The molecule has 1 aliphatic heterocycles. The molecule has 10 heteroatoms. The minimum absolute atomic E-state index is 0.157. The highest BCUT2D eigenvalue weighted by Crippen LogP contribution is 2.19. The van der Waals surface area contributed by atoms with Crippen molar-refractivity contribution in [2.75, 3.05) is 25.9 Å². The second kappa shape index (κ2) is 9.38. The minimum atomic E-state index is -3.33. The lowest BCUT2D eigenvalue weighted by atomic mass is 9.98. The average Bonchev–Trinajstić information content (AvgIpc) is 2.90. The van der Waals surface area contributed by atoms with Gasteiger partial charge in [-0.2, -0.15) is 0 Å². The second-order valence-corrected chi connectivity index (χ2v) is 7.51. The summed E-state index contributed by atoms with van der Waals surface area (Å²) < 4.78 is 26.4. The molecule has 1 fully saturated rings. The van der Waals surface area contributed by atoms with Crippen LogP contribution in [-0.2, 0) is 26.2 Å². The number of amides is 1. The van der Waals surface area contributed by atoms with Gasteiger partial charge in [0.05, 0.1) is 12.8 Å². The number of piperidine rings is 1. The highest BCUT2D eigenvalue weighted by atomic mass is 32.2. The van der Waals surface area contributed by atoms with Gasteiger partial charge in [0.1, 0.15) is 5.82 Å². The molecule has 0 aromatic carbocycles. The van der Waals surface area contributed by atoms with Crippen molar-refractivity contribution in [3.8, 4) is 0 Å². The predicted octanol–water partition coefficient (Wildman–Crippen LogP) is -0.320. The molecule has 1 aliphatic rings. The van der Waals surface area contributed by atoms with E-state index in [9.17, 15) is 13.2 Å². The van der Waals surface area contributed by atoms with Gasteiger partial charge in [0.15, 0.2) is 0 Å². The van der Waals surface area contributed by atoms with E-state index in [0.29, 0.717) is 19.0 Å². The lowest BCUT2D eigenvalue weighted by molar-refractivity contribution is -0.131. The van der Waals surface area contributed by atoms with Gasteiger partial charge in [-0.3, -0.25) is 9.59 Å². The molecule has 9 nitrogen and oxygen atoms in total. The number of aryl methyl sites for hydroxylation is 1. The third-order valence-electron chi connectivity index (χ3n) is 3.74. The molecule has 2 rings (SSSR count). The van der Waals surface area contributed by atoms with Gasteiger partial charge >= 0.3 is 0 Å². The van der Waals surface area contributed by atoms with Crippen LogP contribution >= 0.6 is 0 Å². The van der Waals surface area contributed by atoms with Crippen molar-refractivity contribution in [2.24, 2.45) is 5.92 Å². The molecule has 136 valence electrons. The Morgan fingerprint density at radius 3 is 2.75 bits per heavy atom. The van der Waals surface area contributed by atoms with E-state index in [2.05, 4.69) is 14.3 Å². The number of nitrogens with zero attached hydrogens (tertiary/aromatic N) is 3. The molecule has 1 saturated heterocycles. The number of sulfonamides is 1. The van der Waals surface area contributed by atoms with Crippen molar-refractivity contribution in [2.45, 2.75) is 26.3 Å². The summed E-state index contributed by atoms with van der Waals surface area (Å²) in [5, 5.41) is 6.89. The Bertz CT molecular complexity index is 643. The van der Waals surface area contributed by atoms with Crippen molar-refractivity contribution in [1.29, 1.82) is 0 Å². The lowest BCUT2D eigenvalue weighted by Gasteiger charge is -2.33. The van der Waals surface area contributed by atoms with Crippen molar-refractivity contribution in [3.63, 3.8) is 0 Å². The van der Waals surface area contributed by atoms with E-state index in [-0.39, 0.29) is 18.9 Å². The Hall–Kier alpha value is -1.94. The molecule has 1 aromatic rings. The highest BCUT2D eigenvalue weighted by Gasteiger charge is 2.24. The summed E-state index contributed by atoms with van der Waals surface area (Å²) in [6.45, 7) is 3.76. The molecule has 1 atom stereocenters. The summed E-state index contributed by atoms with van der Waals surface area (Å²) in [6.07, 6.45) is 6.80. The molecular formula is C14H24N4O5S. The first-order chi connectivity index (χ1) is 11.3. The maximum absolute atomic E-state index is 12.0. The molecule has 2 N–H and O–H groups in total. The first-order valence-electron chi connectivity index (χ1n) is 7.54. The van der Waals surface area contributed by atoms with Gasteiger partial charge in [-0.25, -0.2) is 18.1 Å². The molecule has 0 radical (unpaired) electrons. The Balaban J connectivity index is 0.000000891. The first kappa shape index (κ1) is 20.1. The van der Waals surface area contributed by atoms with Gasteiger partial charge in [0.2, 0.25) is 15.9 Å². The van der Waals surface area contributed by atoms with Crippen LogP contribution in [0.1, 0.15) is 18.7 Å². The van der Waals surface area contributed by atoms with Crippen LogP contribution in [0.15, 0.2) is 12.4 Å². The number of imidazole rings is 1. The number of aromatic nitrogens is 2. The molecule has 1 unspecified atom stereocenters. The Kier molecular flexibility index (Phi) is 7.86. The number of carboxylic acid groups (broad SMARTS) is 1. The monoisotopic (exact) mass is 360 g/mol. The van der Waals surface area contributed by atoms with Crippen LogP contribution < -0.4 is 4.72 Å². The van der Waals surface area contributed by atoms with Crippen LogP contribution in [-0.4, -0.2) is 66.2 Å². The van der Waals surface area contributed by atoms with Crippen LogP contribution in [0.25, 0.3) is 0 Å². The van der Waals surface area contributed by atoms with E-state index >= 15 is 0 Å². The third-order valence-corrected chi connectivity index (χ3v) is 4.40. The summed E-state index contributed by atoms with van der Waals surface area (Å²) in [7, 11) is -3.33. The number of likely N-dealkylation sites (tertiary alicyclic amines) is 1. The van der Waals surface area contributed by atoms with Crippen molar-refractivity contribution in [1.82, 2.24) is 19.2 Å². The largest absolute Gasteiger partial charge is 0.483 e. The average molecular weight is 360 g/mol. The maximum Gasteiger partial charge on any atom is 0.290 e. The summed E-state index contributed by atoms with van der Waals surface area (Å²) >= 11 is 0. The molecule has 0 spiro atoms. The smallest absolute Gasteiger partial charge is 0.290 e. The lowest BCUT2D eigenvalue weighted by Crippen LogP contribution is -2.45. The molecule has 24 heavy (non-hydrogen) atoms. The Morgan fingerprint density at radius 1 is 1.54 bits per heavy atom. The summed E-state index contributed by atoms with van der Waals surface area (Å²) in [6, 6.07) is 0. The number of nitrogens with one attached hydrogen (secondary N) is 1. The highest BCUT2D eigenvalue weighted by molar-refractivity contribution is 7.88. The second-order valence-electron chi connectivity index (χ2n) is 5.67. The van der Waals surface area contributed by atoms with Gasteiger partial charge < -0.3 is 14.6 Å². The van der Waals surface area contributed by atoms with Crippen LogP contribution in [0.2, 0.25) is 0 Å². The topological polar surface area (TPSA) is 122 Å². The molecule has 1 aromatic heterocycles. The summed E-state index contributed by atoms with van der Waals surface area (Å²) in [5.41, 5.74) is 0. The summed E-state index contributed by atoms with van der Waals surface area (Å²) in [4.78, 5) is 26.3. The molecule has 0 aliphatic carbocycles. The van der Waals surface area contributed by atoms with Gasteiger partial charge in [0.25, 0.3) is 6.47 Å². The number of rotatable bonds is 5. The third kappa shape index (κ3) is 7.09. The van der Waals surface area contributed by atoms with E-state index in [0.717, 1.165) is 31.5 Å². The summed E-state index contributed by atoms with van der Waals surface area (Å²) in [5.74, 6) is 1.19. The van der Waals surface area contributed by atoms with Crippen LogP contribution in [0.3, 0.4) is 0 Å². The number of hydrogen-bond donors (Lipinski definition) is 2. The van der Waals surface area contributed by atoms with Crippen LogP contribution in [0.4, 0.5) is 0 Å². The van der Waals surface area contributed by atoms with Crippen molar-refractivity contribution in [3.05, 3.63) is 18.2 Å². The molecule has 1 amide bonds. The fraction of sp³-hybridized carbons (Fsp3) is 0.643. The zero-order chi connectivity index (χ0) is 18.2. The zero-order valence-electron chi connectivity index (χ0n) is 13.9. The zero-order valence-corrected chi connectivity index (χ0v) is 14.7. The van der Waals surface area contributed by atoms with E-state index in [1.807, 2.05) is 13.1 Å². The van der Waals surface area contributed by atoms with E-state index in [1.54, 1.807) is 11.1 Å². The molecule has 0 saturated carbocycles. The SMILES string of the molecule is Cc1nccn1CC1CCCN(C(=O)CNS(C)(=O)=O)C1.O=CO. The van der Waals surface area contributed by atoms with Crippen molar-refractivity contribution < 1.29 is 23.1 Å². The molecular weight excluding hydrogens is 336 g/mol. The maximum atomic E-state index is 12.0. The number of carbonyl (C=O) groups is 2. The van der Waals surface area contributed by atoms with Crippen LogP contribution in [0.5, 0.6) is 0 Å². The van der Waals surface area contributed by atoms with Gasteiger partial charge in [-0.1, -0.05) is 0 Å². The van der Waals surface area contributed by atoms with Gasteiger partial charge in [-0.05, 0) is 25.7 Å². The van der Waals surface area contributed by atoms with E-state index in [4.69, 9.17) is 9.90 Å². The molecule has 0 bridgehead atoms. The number of hydrogen-bond acceptors (Lipinski definition) is 5. The predicted molar refractivity (Wildman–Crippen MR) is 87.8 cm³/mol. The number of carbonyl (C=O) groups excluding carboxylic acids is 1. The Morgan fingerprint density at radius 2 is 2.21 bits per heavy atom. The van der Waals surface area contributed by atoms with Gasteiger partial charge in [0, 0.05) is 32.0 Å². The van der Waals surface area contributed by atoms with Gasteiger partial charge in [-0.15, -0.1) is 0 Å². The minimum Gasteiger partial charge on any atom is -0.483 e. The Labute approximate surface area is 141 Å².